The number of piperidine rings is 2. The van der Waals surface area contributed by atoms with Gasteiger partial charge in [-0.2, -0.15) is 0 Å². The first-order valence-electron chi connectivity index (χ1n) is 8.76. The van der Waals surface area contributed by atoms with Crippen LogP contribution in [0.25, 0.3) is 0 Å². The summed E-state index contributed by atoms with van der Waals surface area (Å²) >= 11 is 0. The second kappa shape index (κ2) is 7.10. The van der Waals surface area contributed by atoms with Crippen LogP contribution in [0.4, 0.5) is 0 Å². The van der Waals surface area contributed by atoms with Gasteiger partial charge in [-0.05, 0) is 70.0 Å². The second-order valence-corrected chi connectivity index (χ2v) is 7.29. The summed E-state index contributed by atoms with van der Waals surface area (Å²) in [7, 11) is 2.23. The first-order valence-corrected chi connectivity index (χ1v) is 8.76. The minimum absolute atomic E-state index is 0.368. The summed E-state index contributed by atoms with van der Waals surface area (Å²) in [6.45, 7) is 6.12. The Balaban J connectivity index is 1.41. The third-order valence-corrected chi connectivity index (χ3v) is 5.81. The minimum Gasteiger partial charge on any atom is -0.381 e. The summed E-state index contributed by atoms with van der Waals surface area (Å²) in [6, 6.07) is 0. The third kappa shape index (κ3) is 3.98. The molecular formula is C17H30N2O2. The average Bonchev–Trinajstić information content (AvgIpc) is 3.01. The number of rotatable bonds is 3. The molecule has 0 N–H and O–H groups in total. The van der Waals surface area contributed by atoms with E-state index in [4.69, 9.17) is 4.74 Å². The molecule has 0 saturated carbocycles. The molecular weight excluding hydrogens is 264 g/mol. The van der Waals surface area contributed by atoms with Gasteiger partial charge in [-0.3, -0.25) is 4.79 Å². The van der Waals surface area contributed by atoms with Crippen LogP contribution in [-0.2, 0) is 9.53 Å². The van der Waals surface area contributed by atoms with E-state index < -0.39 is 0 Å². The Morgan fingerprint density at radius 3 is 2.19 bits per heavy atom. The van der Waals surface area contributed by atoms with Gasteiger partial charge >= 0.3 is 0 Å². The van der Waals surface area contributed by atoms with Crippen LogP contribution in [0.5, 0.6) is 0 Å². The quantitative estimate of drug-likeness (QED) is 0.798. The Kier molecular flexibility index (Phi) is 5.17. The first-order chi connectivity index (χ1) is 10.2. The number of likely N-dealkylation sites (tertiary alicyclic amines) is 2. The molecule has 21 heavy (non-hydrogen) atoms. The lowest BCUT2D eigenvalue weighted by molar-refractivity contribution is -0.134. The van der Waals surface area contributed by atoms with Gasteiger partial charge in [-0.25, -0.2) is 0 Å². The first kappa shape index (κ1) is 15.3. The molecule has 3 heterocycles. The Labute approximate surface area is 128 Å². The summed E-state index contributed by atoms with van der Waals surface area (Å²) in [4.78, 5) is 16.9. The molecule has 4 heteroatoms. The van der Waals surface area contributed by atoms with E-state index in [9.17, 15) is 4.79 Å². The molecule has 1 amide bonds. The molecule has 3 aliphatic rings. The van der Waals surface area contributed by atoms with Crippen LogP contribution in [-0.4, -0.2) is 62.1 Å². The van der Waals surface area contributed by atoms with Crippen molar-refractivity contribution >= 4 is 5.91 Å². The molecule has 0 radical (unpaired) electrons. The fraction of sp³-hybridized carbons (Fsp3) is 0.941. The van der Waals surface area contributed by atoms with Crippen LogP contribution in [0.3, 0.4) is 0 Å². The molecule has 3 fully saturated rings. The van der Waals surface area contributed by atoms with Gasteiger partial charge < -0.3 is 14.5 Å². The summed E-state index contributed by atoms with van der Waals surface area (Å²) in [5.41, 5.74) is 0. The fourth-order valence-electron chi connectivity index (χ4n) is 4.24. The molecule has 4 nitrogen and oxygen atoms in total. The van der Waals surface area contributed by atoms with Gasteiger partial charge in [-0.15, -0.1) is 0 Å². The van der Waals surface area contributed by atoms with E-state index in [0.29, 0.717) is 18.2 Å². The topological polar surface area (TPSA) is 32.8 Å². The standard InChI is InChI=1S/C17H30N2O2/c1-18-7-2-15(3-8-18)16-4-9-19(10-5-16)17(20)12-14-6-11-21-13-14/h14-16H,2-13H2,1H3. The van der Waals surface area contributed by atoms with E-state index in [0.717, 1.165) is 44.6 Å². The van der Waals surface area contributed by atoms with Crippen LogP contribution in [0.2, 0.25) is 0 Å². The summed E-state index contributed by atoms with van der Waals surface area (Å²) in [5.74, 6) is 2.61. The Morgan fingerprint density at radius 1 is 1.00 bits per heavy atom. The Morgan fingerprint density at radius 2 is 1.62 bits per heavy atom. The van der Waals surface area contributed by atoms with Crippen LogP contribution in [0, 0.1) is 17.8 Å². The van der Waals surface area contributed by atoms with E-state index in [1.54, 1.807) is 0 Å². The van der Waals surface area contributed by atoms with Crippen LogP contribution >= 0.6 is 0 Å². The third-order valence-electron chi connectivity index (χ3n) is 5.81. The lowest BCUT2D eigenvalue weighted by Crippen LogP contribution is -2.42. The van der Waals surface area contributed by atoms with Crippen molar-refractivity contribution in [1.82, 2.24) is 9.80 Å². The molecule has 3 rings (SSSR count). The summed E-state index contributed by atoms with van der Waals surface area (Å²) < 4.78 is 5.38. The normalized spacial score (nSPS) is 30.0. The van der Waals surface area contributed by atoms with Crippen molar-refractivity contribution in [2.45, 2.75) is 38.5 Å². The molecule has 0 spiro atoms. The van der Waals surface area contributed by atoms with Gasteiger partial charge in [0.2, 0.25) is 5.91 Å². The lowest BCUT2D eigenvalue weighted by Gasteiger charge is -2.39. The summed E-state index contributed by atoms with van der Waals surface area (Å²) in [6.07, 6.45) is 6.93. The van der Waals surface area contributed by atoms with Gasteiger partial charge in [0.15, 0.2) is 0 Å². The number of carbonyl (C=O) groups is 1. The molecule has 0 aliphatic carbocycles. The number of amides is 1. The highest BCUT2D eigenvalue weighted by atomic mass is 16.5. The zero-order valence-corrected chi connectivity index (χ0v) is 13.4. The van der Waals surface area contributed by atoms with Gasteiger partial charge in [0, 0.05) is 32.7 Å². The average molecular weight is 294 g/mol. The smallest absolute Gasteiger partial charge is 0.222 e. The van der Waals surface area contributed by atoms with Crippen molar-refractivity contribution in [1.29, 1.82) is 0 Å². The van der Waals surface area contributed by atoms with Gasteiger partial charge in [-0.1, -0.05) is 0 Å². The molecule has 3 saturated heterocycles. The molecule has 1 unspecified atom stereocenters. The molecule has 1 atom stereocenters. The van der Waals surface area contributed by atoms with Crippen molar-refractivity contribution < 1.29 is 9.53 Å². The summed E-state index contributed by atoms with van der Waals surface area (Å²) in [5, 5.41) is 0. The predicted octanol–water partition coefficient (Wildman–Crippen LogP) is 1.99. The van der Waals surface area contributed by atoms with Gasteiger partial charge in [0.05, 0.1) is 0 Å². The van der Waals surface area contributed by atoms with E-state index >= 15 is 0 Å². The lowest BCUT2D eigenvalue weighted by atomic mass is 9.79. The number of ether oxygens (including phenoxy) is 1. The Bertz CT molecular complexity index is 339. The van der Waals surface area contributed by atoms with Crippen LogP contribution < -0.4 is 0 Å². The number of carbonyl (C=O) groups excluding carboxylic acids is 1. The van der Waals surface area contributed by atoms with Crippen LogP contribution in [0.1, 0.15) is 38.5 Å². The van der Waals surface area contributed by atoms with Crippen molar-refractivity contribution in [2.75, 3.05) is 46.4 Å². The monoisotopic (exact) mass is 294 g/mol. The number of nitrogens with zero attached hydrogens (tertiary/aromatic N) is 2. The van der Waals surface area contributed by atoms with E-state index in [1.807, 2.05) is 0 Å². The van der Waals surface area contributed by atoms with Crippen molar-refractivity contribution in [3.05, 3.63) is 0 Å². The predicted molar refractivity (Wildman–Crippen MR) is 83.1 cm³/mol. The fourth-order valence-corrected chi connectivity index (χ4v) is 4.24. The van der Waals surface area contributed by atoms with Gasteiger partial charge in [0.25, 0.3) is 0 Å². The molecule has 0 bridgehead atoms. The highest BCUT2D eigenvalue weighted by Gasteiger charge is 2.31. The van der Waals surface area contributed by atoms with Crippen LogP contribution in [0.15, 0.2) is 0 Å². The Hall–Kier alpha value is -0.610. The molecule has 0 aromatic rings. The second-order valence-electron chi connectivity index (χ2n) is 7.29. The zero-order chi connectivity index (χ0) is 14.7. The minimum atomic E-state index is 0.368. The highest BCUT2D eigenvalue weighted by Crippen LogP contribution is 2.32. The van der Waals surface area contributed by atoms with Crippen molar-refractivity contribution in [3.63, 3.8) is 0 Å². The SMILES string of the molecule is CN1CCC(C2CCN(C(=O)CC3CCOC3)CC2)CC1. The van der Waals surface area contributed by atoms with Crippen molar-refractivity contribution in [3.8, 4) is 0 Å². The zero-order valence-electron chi connectivity index (χ0n) is 13.4. The maximum atomic E-state index is 12.3. The molecule has 0 aromatic carbocycles. The number of hydrogen-bond acceptors (Lipinski definition) is 3. The van der Waals surface area contributed by atoms with Gasteiger partial charge in [0.1, 0.15) is 0 Å². The van der Waals surface area contributed by atoms with Crippen molar-refractivity contribution in [2.24, 2.45) is 17.8 Å². The highest BCUT2D eigenvalue weighted by molar-refractivity contribution is 5.76. The molecule has 0 aromatic heterocycles. The molecule has 3 aliphatic heterocycles. The molecule has 120 valence electrons. The van der Waals surface area contributed by atoms with E-state index in [-0.39, 0.29) is 0 Å². The van der Waals surface area contributed by atoms with E-state index in [1.165, 1.54) is 38.8 Å². The largest absolute Gasteiger partial charge is 0.381 e. The van der Waals surface area contributed by atoms with E-state index in [2.05, 4.69) is 16.8 Å². The maximum absolute atomic E-state index is 12.3. The number of hydrogen-bond donors (Lipinski definition) is 0. The maximum Gasteiger partial charge on any atom is 0.222 e.